The van der Waals surface area contributed by atoms with Crippen molar-refractivity contribution in [1.82, 2.24) is 14.7 Å². The summed E-state index contributed by atoms with van der Waals surface area (Å²) in [5, 5.41) is 0. The van der Waals surface area contributed by atoms with Crippen LogP contribution in [-0.4, -0.2) is 100 Å². The number of hydrogen-bond acceptors (Lipinski definition) is 8. The van der Waals surface area contributed by atoms with Gasteiger partial charge in [-0.3, -0.25) is 14.6 Å². The molecule has 8 nitrogen and oxygen atoms in total. The molecule has 6 N–H and O–H groups in total. The van der Waals surface area contributed by atoms with E-state index in [2.05, 4.69) is 9.80 Å². The fourth-order valence-corrected chi connectivity index (χ4v) is 2.50. The van der Waals surface area contributed by atoms with Crippen LogP contribution < -0.4 is 17.2 Å². The molecule has 0 saturated heterocycles. The number of nitrogens with two attached hydrogens (primary N) is 3. The van der Waals surface area contributed by atoms with Gasteiger partial charge in [0.05, 0.1) is 6.54 Å². The molecule has 0 spiro atoms. The Kier molecular flexibility index (Phi) is 16.2. The first-order valence-corrected chi connectivity index (χ1v) is 9.38. The SMILES string of the molecule is CN(C)COC(=O)CN(CCCN)CCCN(CCCN)CCCN. The lowest BCUT2D eigenvalue weighted by Gasteiger charge is -2.25. The summed E-state index contributed by atoms with van der Waals surface area (Å²) < 4.78 is 5.22. The summed E-state index contributed by atoms with van der Waals surface area (Å²) >= 11 is 0. The van der Waals surface area contributed by atoms with Crippen LogP contribution >= 0.6 is 0 Å². The van der Waals surface area contributed by atoms with Crippen LogP contribution in [0.15, 0.2) is 0 Å². The Bertz CT molecular complexity index is 310. The molecule has 0 unspecified atom stereocenters. The quantitative estimate of drug-likeness (QED) is 0.226. The highest BCUT2D eigenvalue weighted by atomic mass is 16.5. The van der Waals surface area contributed by atoms with Crippen molar-refractivity contribution in [2.45, 2.75) is 25.7 Å². The van der Waals surface area contributed by atoms with Gasteiger partial charge >= 0.3 is 5.97 Å². The molecule has 0 aliphatic carbocycles. The smallest absolute Gasteiger partial charge is 0.321 e. The molecule has 0 aromatic rings. The fourth-order valence-electron chi connectivity index (χ4n) is 2.50. The summed E-state index contributed by atoms with van der Waals surface area (Å²) in [5.74, 6) is -0.186. The lowest BCUT2D eigenvalue weighted by Crippen LogP contribution is -2.37. The van der Waals surface area contributed by atoms with Gasteiger partial charge < -0.3 is 26.8 Å². The van der Waals surface area contributed by atoms with Crippen molar-refractivity contribution in [3.63, 3.8) is 0 Å². The van der Waals surface area contributed by atoms with Crippen molar-refractivity contribution in [3.05, 3.63) is 0 Å². The average Bonchev–Trinajstić information content (AvgIpc) is 2.59. The van der Waals surface area contributed by atoms with Gasteiger partial charge in [-0.1, -0.05) is 0 Å². The molecule has 8 heteroatoms. The molecule has 0 aromatic heterocycles. The molecule has 0 atom stereocenters. The topological polar surface area (TPSA) is 114 Å². The molecular weight excluding hydrogens is 320 g/mol. The Morgan fingerprint density at radius 1 is 0.760 bits per heavy atom. The third-order valence-electron chi connectivity index (χ3n) is 3.82. The van der Waals surface area contributed by atoms with Crippen molar-refractivity contribution in [1.29, 1.82) is 0 Å². The van der Waals surface area contributed by atoms with E-state index >= 15 is 0 Å². The van der Waals surface area contributed by atoms with Gasteiger partial charge in [-0.2, -0.15) is 0 Å². The maximum absolute atomic E-state index is 11.9. The van der Waals surface area contributed by atoms with E-state index < -0.39 is 0 Å². The zero-order valence-electron chi connectivity index (χ0n) is 16.3. The Balaban J connectivity index is 4.26. The highest BCUT2D eigenvalue weighted by Gasteiger charge is 2.13. The molecule has 0 fully saturated rings. The van der Waals surface area contributed by atoms with Crippen LogP contribution in [0.1, 0.15) is 25.7 Å². The summed E-state index contributed by atoms with van der Waals surface area (Å²) in [6.45, 7) is 7.36. The molecule has 0 rings (SSSR count). The predicted octanol–water partition coefficient (Wildman–Crippen LogP) is -0.911. The van der Waals surface area contributed by atoms with Crippen molar-refractivity contribution in [2.75, 3.05) is 79.7 Å². The highest BCUT2D eigenvalue weighted by Crippen LogP contribution is 2.00. The molecule has 0 aliphatic rings. The van der Waals surface area contributed by atoms with Crippen LogP contribution in [0.4, 0.5) is 0 Å². The number of rotatable bonds is 17. The molecule has 0 saturated carbocycles. The Morgan fingerprint density at radius 2 is 1.20 bits per heavy atom. The average molecular weight is 361 g/mol. The number of ether oxygens (including phenoxy) is 1. The minimum absolute atomic E-state index is 0.186. The third kappa shape index (κ3) is 15.2. The second-order valence-electron chi connectivity index (χ2n) is 6.62. The predicted molar refractivity (Wildman–Crippen MR) is 103 cm³/mol. The zero-order valence-corrected chi connectivity index (χ0v) is 16.3. The Hall–Kier alpha value is -0.770. The number of esters is 1. The minimum Gasteiger partial charge on any atom is -0.449 e. The third-order valence-corrected chi connectivity index (χ3v) is 3.82. The van der Waals surface area contributed by atoms with E-state index in [9.17, 15) is 4.79 Å². The number of nitrogens with zero attached hydrogens (tertiary/aromatic N) is 3. The number of carbonyl (C=O) groups excluding carboxylic acids is 1. The van der Waals surface area contributed by atoms with Gasteiger partial charge in [0.15, 0.2) is 0 Å². The second kappa shape index (κ2) is 16.7. The van der Waals surface area contributed by atoms with Gasteiger partial charge in [0.1, 0.15) is 6.73 Å². The first kappa shape index (κ1) is 24.2. The molecule has 0 aromatic carbocycles. The molecule has 0 radical (unpaired) electrons. The van der Waals surface area contributed by atoms with Gasteiger partial charge in [0.25, 0.3) is 0 Å². The van der Waals surface area contributed by atoms with Crippen molar-refractivity contribution >= 4 is 5.97 Å². The van der Waals surface area contributed by atoms with E-state index in [0.29, 0.717) is 32.9 Å². The van der Waals surface area contributed by atoms with Crippen LogP contribution in [-0.2, 0) is 9.53 Å². The Morgan fingerprint density at radius 3 is 1.68 bits per heavy atom. The largest absolute Gasteiger partial charge is 0.449 e. The first-order valence-electron chi connectivity index (χ1n) is 9.38. The maximum Gasteiger partial charge on any atom is 0.321 e. The van der Waals surface area contributed by atoms with Crippen molar-refractivity contribution < 1.29 is 9.53 Å². The monoisotopic (exact) mass is 360 g/mol. The zero-order chi connectivity index (χ0) is 18.9. The van der Waals surface area contributed by atoms with Crippen molar-refractivity contribution in [2.24, 2.45) is 17.2 Å². The number of hydrogen-bond donors (Lipinski definition) is 3. The summed E-state index contributed by atoms with van der Waals surface area (Å²) in [5.41, 5.74) is 16.8. The van der Waals surface area contributed by atoms with E-state index in [4.69, 9.17) is 21.9 Å². The summed E-state index contributed by atoms with van der Waals surface area (Å²) in [6.07, 6.45) is 3.88. The second-order valence-corrected chi connectivity index (χ2v) is 6.62. The lowest BCUT2D eigenvalue weighted by atomic mass is 10.2. The molecule has 0 heterocycles. The standard InChI is InChI=1S/C17H40N6O2/c1-21(2)16-25-17(24)15-23(12-5-9-20)14-6-13-22(10-3-7-18)11-4-8-19/h3-16,18-20H2,1-2H3. The van der Waals surface area contributed by atoms with Crippen LogP contribution in [0.3, 0.4) is 0 Å². The van der Waals surface area contributed by atoms with Gasteiger partial charge in [0, 0.05) is 0 Å². The van der Waals surface area contributed by atoms with E-state index in [1.807, 2.05) is 19.0 Å². The van der Waals surface area contributed by atoms with E-state index in [1.165, 1.54) is 0 Å². The van der Waals surface area contributed by atoms with Crippen LogP contribution in [0, 0.1) is 0 Å². The van der Waals surface area contributed by atoms with Crippen LogP contribution in [0.25, 0.3) is 0 Å². The van der Waals surface area contributed by atoms with Crippen LogP contribution in [0.2, 0.25) is 0 Å². The van der Waals surface area contributed by atoms with Gasteiger partial charge in [-0.05, 0) is 92.1 Å². The lowest BCUT2D eigenvalue weighted by molar-refractivity contribution is -0.148. The Labute approximate surface area is 153 Å². The summed E-state index contributed by atoms with van der Waals surface area (Å²) in [7, 11) is 3.74. The molecule has 0 amide bonds. The van der Waals surface area contributed by atoms with E-state index in [1.54, 1.807) is 0 Å². The fraction of sp³-hybridized carbons (Fsp3) is 0.941. The van der Waals surface area contributed by atoms with Crippen LogP contribution in [0.5, 0.6) is 0 Å². The normalized spacial score (nSPS) is 11.7. The van der Waals surface area contributed by atoms with E-state index in [0.717, 1.165) is 58.4 Å². The van der Waals surface area contributed by atoms with Gasteiger partial charge in [0.2, 0.25) is 0 Å². The summed E-state index contributed by atoms with van der Waals surface area (Å²) in [4.78, 5) is 18.3. The molecule has 0 bridgehead atoms. The number of carbonyl (C=O) groups is 1. The van der Waals surface area contributed by atoms with Crippen molar-refractivity contribution in [3.8, 4) is 0 Å². The molecule has 25 heavy (non-hydrogen) atoms. The highest BCUT2D eigenvalue weighted by molar-refractivity contribution is 5.71. The maximum atomic E-state index is 11.9. The van der Waals surface area contributed by atoms with Gasteiger partial charge in [-0.25, -0.2) is 0 Å². The summed E-state index contributed by atoms with van der Waals surface area (Å²) in [6, 6.07) is 0. The molecule has 150 valence electrons. The van der Waals surface area contributed by atoms with Gasteiger partial charge in [-0.15, -0.1) is 0 Å². The first-order chi connectivity index (χ1) is 12.0. The minimum atomic E-state index is -0.186. The molecular formula is C17H40N6O2. The molecule has 0 aliphatic heterocycles. The van der Waals surface area contributed by atoms with E-state index in [-0.39, 0.29) is 5.97 Å².